The van der Waals surface area contributed by atoms with E-state index in [2.05, 4.69) is 10.8 Å². The van der Waals surface area contributed by atoms with Gasteiger partial charge in [-0.15, -0.1) is 6.42 Å². The Hall–Kier alpha value is -1.03. The van der Waals surface area contributed by atoms with Crippen LogP contribution >= 0.6 is 0 Å². The largest absolute Gasteiger partial charge is 0.290 e. The molecule has 1 atom stereocenters. The molecule has 70 valence electrons. The van der Waals surface area contributed by atoms with Crippen molar-refractivity contribution in [2.24, 2.45) is 0 Å². The second-order valence-corrected chi connectivity index (χ2v) is 3.34. The molecule has 2 heteroatoms. The van der Waals surface area contributed by atoms with E-state index in [1.54, 1.807) is 5.94 Å². The summed E-state index contributed by atoms with van der Waals surface area (Å²) in [5.74, 6) is 4.50. The topological polar surface area (TPSA) is 20.3 Å². The van der Waals surface area contributed by atoms with Crippen LogP contribution in [-0.2, 0) is 4.79 Å². The molecule has 0 aromatic carbocycles. The molecule has 0 amide bonds. The molecule has 0 aliphatic carbocycles. The third-order valence-electron chi connectivity index (χ3n) is 2.45. The molecule has 1 rings (SSSR count). The van der Waals surface area contributed by atoms with Crippen molar-refractivity contribution in [2.75, 3.05) is 13.1 Å². The molecule has 0 radical (unpaired) electrons. The maximum absolute atomic E-state index is 10.0. The molecule has 0 N–H and O–H groups in total. The van der Waals surface area contributed by atoms with Crippen molar-refractivity contribution < 1.29 is 4.79 Å². The number of carbonyl (C=O) groups excluding carboxylic acids is 1. The zero-order chi connectivity index (χ0) is 9.52. The smallest absolute Gasteiger partial charge is 0.120 e. The van der Waals surface area contributed by atoms with Crippen molar-refractivity contribution in [2.45, 2.75) is 31.7 Å². The molecule has 0 spiro atoms. The molecular formula is C11H15NO. The lowest BCUT2D eigenvalue weighted by molar-refractivity contribution is 0.197. The van der Waals surface area contributed by atoms with Gasteiger partial charge in [0.1, 0.15) is 5.94 Å². The first kappa shape index (κ1) is 10.1. The van der Waals surface area contributed by atoms with Crippen molar-refractivity contribution in [3.63, 3.8) is 0 Å². The average molecular weight is 177 g/mol. The van der Waals surface area contributed by atoms with E-state index in [4.69, 9.17) is 6.42 Å². The molecule has 1 heterocycles. The van der Waals surface area contributed by atoms with Gasteiger partial charge in [-0.3, -0.25) is 4.90 Å². The Morgan fingerprint density at radius 1 is 1.38 bits per heavy atom. The fraction of sp³-hybridized carbons (Fsp3) is 0.636. The minimum atomic E-state index is 0.0988. The predicted octanol–water partition coefficient (Wildman–Crippen LogP) is 1.25. The summed E-state index contributed by atoms with van der Waals surface area (Å²) >= 11 is 0. The zero-order valence-electron chi connectivity index (χ0n) is 7.83. The molecule has 0 saturated carbocycles. The molecule has 2 nitrogen and oxygen atoms in total. The van der Waals surface area contributed by atoms with Gasteiger partial charge in [-0.2, -0.15) is 0 Å². The Bertz CT molecular complexity index is 229. The van der Waals surface area contributed by atoms with E-state index >= 15 is 0 Å². The number of hydrogen-bond donors (Lipinski definition) is 0. The molecule has 1 fully saturated rings. The van der Waals surface area contributed by atoms with Crippen molar-refractivity contribution in [1.82, 2.24) is 4.90 Å². The second-order valence-electron chi connectivity index (χ2n) is 3.34. The zero-order valence-corrected chi connectivity index (χ0v) is 7.83. The Kier molecular flexibility index (Phi) is 4.32. The average Bonchev–Trinajstić information content (AvgIpc) is 2.21. The quantitative estimate of drug-likeness (QED) is 0.477. The van der Waals surface area contributed by atoms with E-state index in [0.717, 1.165) is 13.1 Å². The summed E-state index contributed by atoms with van der Waals surface area (Å²) in [5, 5.41) is 0. The first-order valence-electron chi connectivity index (χ1n) is 4.78. The molecule has 0 aromatic rings. The summed E-state index contributed by atoms with van der Waals surface area (Å²) in [5.41, 5.74) is 0. The summed E-state index contributed by atoms with van der Waals surface area (Å²) < 4.78 is 0. The lowest BCUT2D eigenvalue weighted by Gasteiger charge is -2.30. The maximum Gasteiger partial charge on any atom is 0.120 e. The number of rotatable bonds is 3. The van der Waals surface area contributed by atoms with Crippen LogP contribution in [0.25, 0.3) is 0 Å². The molecule has 13 heavy (non-hydrogen) atoms. The Morgan fingerprint density at radius 3 is 2.62 bits per heavy atom. The fourth-order valence-electron chi connectivity index (χ4n) is 1.71. The summed E-state index contributed by atoms with van der Waals surface area (Å²) in [6.45, 7) is 2.14. The van der Waals surface area contributed by atoms with Gasteiger partial charge < -0.3 is 0 Å². The standard InChI is InChI=1S/C11H15NO/c1-2-11(7-6-10-13)12-8-4-3-5-9-12/h1,6,11H,3-5,7-9H2. The monoisotopic (exact) mass is 177 g/mol. The van der Waals surface area contributed by atoms with Crippen LogP contribution in [0.2, 0.25) is 0 Å². The number of hydrogen-bond acceptors (Lipinski definition) is 2. The van der Waals surface area contributed by atoms with Crippen LogP contribution in [0.1, 0.15) is 25.7 Å². The van der Waals surface area contributed by atoms with Crippen LogP contribution in [0.5, 0.6) is 0 Å². The summed E-state index contributed by atoms with van der Waals surface area (Å²) in [6.07, 6.45) is 11.3. The van der Waals surface area contributed by atoms with Crippen LogP contribution < -0.4 is 0 Å². The molecule has 0 aromatic heterocycles. The van der Waals surface area contributed by atoms with Gasteiger partial charge in [-0.1, -0.05) is 12.3 Å². The van der Waals surface area contributed by atoms with Crippen LogP contribution in [-0.4, -0.2) is 30.0 Å². The SMILES string of the molecule is C#CC(CC=C=O)N1CCCCC1. The van der Waals surface area contributed by atoms with Gasteiger partial charge in [-0.25, -0.2) is 4.79 Å². The van der Waals surface area contributed by atoms with Crippen LogP contribution in [0.4, 0.5) is 0 Å². The van der Waals surface area contributed by atoms with Crippen LogP contribution in [0, 0.1) is 12.3 Å². The van der Waals surface area contributed by atoms with E-state index < -0.39 is 0 Å². The van der Waals surface area contributed by atoms with Gasteiger partial charge in [0.05, 0.1) is 6.04 Å². The highest BCUT2D eigenvalue weighted by molar-refractivity contribution is 5.45. The third kappa shape index (κ3) is 3.06. The first-order chi connectivity index (χ1) is 6.38. The van der Waals surface area contributed by atoms with Crippen molar-refractivity contribution in [1.29, 1.82) is 0 Å². The predicted molar refractivity (Wildman–Crippen MR) is 52.9 cm³/mol. The van der Waals surface area contributed by atoms with E-state index in [9.17, 15) is 4.79 Å². The van der Waals surface area contributed by atoms with Gasteiger partial charge in [-0.05, 0) is 25.9 Å². The van der Waals surface area contributed by atoms with Gasteiger partial charge >= 0.3 is 0 Å². The molecular weight excluding hydrogens is 162 g/mol. The van der Waals surface area contributed by atoms with Gasteiger partial charge in [0, 0.05) is 12.5 Å². The van der Waals surface area contributed by atoms with Crippen molar-refractivity contribution >= 4 is 5.94 Å². The molecule has 0 bridgehead atoms. The number of likely N-dealkylation sites (tertiary alicyclic amines) is 1. The molecule has 1 saturated heterocycles. The highest BCUT2D eigenvalue weighted by Gasteiger charge is 2.17. The van der Waals surface area contributed by atoms with E-state index in [1.807, 2.05) is 0 Å². The maximum atomic E-state index is 10.0. The Labute approximate surface area is 79.6 Å². The minimum absolute atomic E-state index is 0.0988. The Morgan fingerprint density at radius 2 is 2.08 bits per heavy atom. The summed E-state index contributed by atoms with van der Waals surface area (Å²) in [7, 11) is 0. The molecule has 1 aliphatic heterocycles. The highest BCUT2D eigenvalue weighted by atomic mass is 16.1. The summed E-state index contributed by atoms with van der Waals surface area (Å²) in [4.78, 5) is 12.3. The van der Waals surface area contributed by atoms with Crippen LogP contribution in [0.15, 0.2) is 6.08 Å². The van der Waals surface area contributed by atoms with Crippen molar-refractivity contribution in [3.05, 3.63) is 6.08 Å². The first-order valence-corrected chi connectivity index (χ1v) is 4.78. The van der Waals surface area contributed by atoms with E-state index in [-0.39, 0.29) is 6.04 Å². The molecule has 1 unspecified atom stereocenters. The molecule has 1 aliphatic rings. The second kappa shape index (κ2) is 5.59. The van der Waals surface area contributed by atoms with Gasteiger partial charge in [0.15, 0.2) is 0 Å². The normalized spacial score (nSPS) is 19.9. The lowest BCUT2D eigenvalue weighted by Crippen LogP contribution is -2.38. The number of piperidine rings is 1. The van der Waals surface area contributed by atoms with Crippen LogP contribution in [0.3, 0.4) is 0 Å². The third-order valence-corrected chi connectivity index (χ3v) is 2.45. The summed E-state index contributed by atoms with van der Waals surface area (Å²) in [6, 6.07) is 0.0988. The number of nitrogens with zero attached hydrogens (tertiary/aromatic N) is 1. The minimum Gasteiger partial charge on any atom is -0.290 e. The highest BCUT2D eigenvalue weighted by Crippen LogP contribution is 2.13. The number of terminal acetylenes is 1. The fourth-order valence-corrected chi connectivity index (χ4v) is 1.71. The van der Waals surface area contributed by atoms with E-state index in [1.165, 1.54) is 25.3 Å². The van der Waals surface area contributed by atoms with Gasteiger partial charge in [0.25, 0.3) is 0 Å². The Balaban J connectivity index is 2.44. The lowest BCUT2D eigenvalue weighted by atomic mass is 10.1. The van der Waals surface area contributed by atoms with Crippen molar-refractivity contribution in [3.8, 4) is 12.3 Å². The van der Waals surface area contributed by atoms with E-state index in [0.29, 0.717) is 6.42 Å². The van der Waals surface area contributed by atoms with Gasteiger partial charge in [0.2, 0.25) is 0 Å².